The van der Waals surface area contributed by atoms with Crippen LogP contribution in [-0.2, 0) is 14.3 Å². The van der Waals surface area contributed by atoms with E-state index in [0.717, 1.165) is 7.11 Å². The Bertz CT molecular complexity index is 422. The third-order valence-electron chi connectivity index (χ3n) is 1.92. The Labute approximate surface area is 92.4 Å². The number of carbonyl (C=O) groups is 3. The number of rotatable bonds is 2. The Kier molecular flexibility index (Phi) is 3.77. The summed E-state index contributed by atoms with van der Waals surface area (Å²) in [4.78, 5) is 32.9. The van der Waals surface area contributed by atoms with Crippen molar-refractivity contribution in [3.63, 3.8) is 0 Å². The van der Waals surface area contributed by atoms with E-state index in [0.29, 0.717) is 11.3 Å². The predicted molar refractivity (Wildman–Crippen MR) is 57.1 cm³/mol. The fraction of sp³-hybridized carbons (Fsp3) is 0.182. The van der Waals surface area contributed by atoms with Crippen LogP contribution in [0.1, 0.15) is 17.3 Å². The third-order valence-corrected chi connectivity index (χ3v) is 1.92. The molecule has 0 aliphatic carbocycles. The molecule has 0 radical (unpaired) electrons. The summed E-state index contributed by atoms with van der Waals surface area (Å²) in [7, 11) is 1.13. The molecule has 0 heterocycles. The summed E-state index contributed by atoms with van der Waals surface area (Å²) in [6, 6.07) is 6.21. The average molecular weight is 221 g/mol. The number of hydrogen-bond acceptors (Lipinski definition) is 4. The van der Waals surface area contributed by atoms with Gasteiger partial charge in [-0.2, -0.15) is 0 Å². The van der Waals surface area contributed by atoms with Gasteiger partial charge in [0.2, 0.25) is 0 Å². The summed E-state index contributed by atoms with van der Waals surface area (Å²) in [5, 5.41) is 2.33. The highest BCUT2D eigenvalue weighted by Crippen LogP contribution is 2.09. The molecule has 0 spiro atoms. The number of hydrogen-bond donors (Lipinski definition) is 1. The average Bonchev–Trinajstić information content (AvgIpc) is 2.28. The third kappa shape index (κ3) is 2.91. The smallest absolute Gasteiger partial charge is 0.396 e. The van der Waals surface area contributed by atoms with E-state index in [1.165, 1.54) is 19.1 Å². The summed E-state index contributed by atoms with van der Waals surface area (Å²) in [6.07, 6.45) is 0. The van der Waals surface area contributed by atoms with E-state index in [4.69, 9.17) is 0 Å². The van der Waals surface area contributed by atoms with Crippen molar-refractivity contribution in [1.29, 1.82) is 0 Å². The molecule has 84 valence electrons. The van der Waals surface area contributed by atoms with Crippen molar-refractivity contribution in [2.75, 3.05) is 12.4 Å². The van der Waals surface area contributed by atoms with E-state index in [9.17, 15) is 14.4 Å². The highest BCUT2D eigenvalue weighted by molar-refractivity contribution is 6.37. The van der Waals surface area contributed by atoms with Gasteiger partial charge in [-0.25, -0.2) is 4.79 Å². The van der Waals surface area contributed by atoms with Crippen molar-refractivity contribution in [3.05, 3.63) is 29.8 Å². The van der Waals surface area contributed by atoms with E-state index in [1.807, 2.05) is 0 Å². The van der Waals surface area contributed by atoms with Crippen molar-refractivity contribution >= 4 is 23.3 Å². The van der Waals surface area contributed by atoms with Gasteiger partial charge in [-0.3, -0.25) is 9.59 Å². The predicted octanol–water partition coefficient (Wildman–Crippen LogP) is 1.00. The first-order valence-corrected chi connectivity index (χ1v) is 4.55. The second-order valence-electron chi connectivity index (χ2n) is 3.08. The summed E-state index contributed by atoms with van der Waals surface area (Å²) >= 11 is 0. The summed E-state index contributed by atoms with van der Waals surface area (Å²) in [6.45, 7) is 1.45. The SMILES string of the molecule is COC(=O)C(=O)Nc1ccc(C(C)=O)cc1. The van der Waals surface area contributed by atoms with Crippen LogP contribution in [0.15, 0.2) is 24.3 Å². The molecule has 0 aliphatic rings. The quantitative estimate of drug-likeness (QED) is 0.459. The molecule has 0 saturated carbocycles. The van der Waals surface area contributed by atoms with Crippen LogP contribution in [0.2, 0.25) is 0 Å². The van der Waals surface area contributed by atoms with Crippen molar-refractivity contribution in [2.45, 2.75) is 6.92 Å². The number of methoxy groups -OCH3 is 1. The van der Waals surface area contributed by atoms with Crippen LogP contribution in [0.3, 0.4) is 0 Å². The van der Waals surface area contributed by atoms with Gasteiger partial charge in [0.25, 0.3) is 0 Å². The van der Waals surface area contributed by atoms with Gasteiger partial charge >= 0.3 is 11.9 Å². The number of amides is 1. The lowest BCUT2D eigenvalue weighted by Gasteiger charge is -2.03. The Morgan fingerprint density at radius 2 is 1.69 bits per heavy atom. The monoisotopic (exact) mass is 221 g/mol. The van der Waals surface area contributed by atoms with Crippen molar-refractivity contribution in [2.24, 2.45) is 0 Å². The highest BCUT2D eigenvalue weighted by Gasteiger charge is 2.13. The maximum atomic E-state index is 11.1. The molecule has 0 aliphatic heterocycles. The molecule has 1 amide bonds. The first-order valence-electron chi connectivity index (χ1n) is 4.55. The molecule has 0 fully saturated rings. The molecule has 1 N–H and O–H groups in total. The van der Waals surface area contributed by atoms with Crippen molar-refractivity contribution in [1.82, 2.24) is 0 Å². The van der Waals surface area contributed by atoms with Crippen LogP contribution < -0.4 is 5.32 Å². The van der Waals surface area contributed by atoms with Crippen LogP contribution in [0, 0.1) is 0 Å². The lowest BCUT2D eigenvalue weighted by Crippen LogP contribution is -2.23. The zero-order valence-corrected chi connectivity index (χ0v) is 8.94. The molecule has 5 nitrogen and oxygen atoms in total. The fourth-order valence-electron chi connectivity index (χ4n) is 1.06. The van der Waals surface area contributed by atoms with Gasteiger partial charge in [-0.05, 0) is 31.2 Å². The maximum absolute atomic E-state index is 11.1. The van der Waals surface area contributed by atoms with Gasteiger partial charge in [0, 0.05) is 11.3 Å². The minimum absolute atomic E-state index is 0.0640. The number of Topliss-reactive ketones (excluding diaryl/α,β-unsaturated/α-hetero) is 1. The number of esters is 1. The molecular weight excluding hydrogens is 210 g/mol. The van der Waals surface area contributed by atoms with Crippen LogP contribution in [0.25, 0.3) is 0 Å². The fourth-order valence-corrected chi connectivity index (χ4v) is 1.06. The highest BCUT2D eigenvalue weighted by atomic mass is 16.5. The molecule has 1 aromatic carbocycles. The molecule has 0 saturated heterocycles. The molecule has 0 aromatic heterocycles. The molecule has 1 aromatic rings. The minimum Gasteiger partial charge on any atom is -0.462 e. The minimum atomic E-state index is -0.962. The van der Waals surface area contributed by atoms with Crippen LogP contribution >= 0.6 is 0 Å². The summed E-state index contributed by atoms with van der Waals surface area (Å²) in [5.41, 5.74) is 0.969. The Morgan fingerprint density at radius 1 is 1.12 bits per heavy atom. The first-order chi connectivity index (χ1) is 7.54. The van der Waals surface area contributed by atoms with Gasteiger partial charge in [0.1, 0.15) is 0 Å². The summed E-state index contributed by atoms with van der Waals surface area (Å²) in [5.74, 6) is -1.88. The number of benzene rings is 1. The van der Waals surface area contributed by atoms with Gasteiger partial charge < -0.3 is 10.1 Å². The molecule has 0 atom stereocenters. The molecule has 5 heteroatoms. The van der Waals surface area contributed by atoms with E-state index in [2.05, 4.69) is 10.1 Å². The molecule has 0 bridgehead atoms. The van der Waals surface area contributed by atoms with Gasteiger partial charge in [-0.15, -0.1) is 0 Å². The van der Waals surface area contributed by atoms with Crippen molar-refractivity contribution in [3.8, 4) is 0 Å². The molecular formula is C11H11NO4. The Hall–Kier alpha value is -2.17. The number of nitrogens with one attached hydrogen (secondary N) is 1. The zero-order chi connectivity index (χ0) is 12.1. The number of carbonyl (C=O) groups excluding carboxylic acids is 3. The lowest BCUT2D eigenvalue weighted by atomic mass is 10.1. The standard InChI is InChI=1S/C11H11NO4/c1-7(13)8-3-5-9(6-4-8)12-10(14)11(15)16-2/h3-6H,1-2H3,(H,12,14). The van der Waals surface area contributed by atoms with Gasteiger partial charge in [-0.1, -0.05) is 0 Å². The largest absolute Gasteiger partial charge is 0.462 e. The number of ketones is 1. The van der Waals surface area contributed by atoms with Crippen LogP contribution in [0.4, 0.5) is 5.69 Å². The number of anilines is 1. The Morgan fingerprint density at radius 3 is 2.12 bits per heavy atom. The second kappa shape index (κ2) is 5.06. The Balaban J connectivity index is 2.72. The van der Waals surface area contributed by atoms with Gasteiger partial charge in [0.15, 0.2) is 5.78 Å². The van der Waals surface area contributed by atoms with Crippen molar-refractivity contribution < 1.29 is 19.1 Å². The van der Waals surface area contributed by atoms with Crippen LogP contribution in [0.5, 0.6) is 0 Å². The second-order valence-corrected chi connectivity index (χ2v) is 3.08. The van der Waals surface area contributed by atoms with Gasteiger partial charge in [0.05, 0.1) is 7.11 Å². The molecule has 16 heavy (non-hydrogen) atoms. The normalized spacial score (nSPS) is 9.38. The molecule has 0 unspecified atom stereocenters. The lowest BCUT2D eigenvalue weighted by molar-refractivity contribution is -0.150. The van der Waals surface area contributed by atoms with E-state index in [1.54, 1.807) is 12.1 Å². The molecule has 1 rings (SSSR count). The topological polar surface area (TPSA) is 72.5 Å². The van der Waals surface area contributed by atoms with E-state index >= 15 is 0 Å². The van der Waals surface area contributed by atoms with E-state index < -0.39 is 11.9 Å². The maximum Gasteiger partial charge on any atom is 0.396 e. The van der Waals surface area contributed by atoms with E-state index in [-0.39, 0.29) is 5.78 Å². The number of ether oxygens (including phenoxy) is 1. The summed E-state index contributed by atoms with van der Waals surface area (Å²) < 4.78 is 4.24. The van der Waals surface area contributed by atoms with Crippen LogP contribution in [-0.4, -0.2) is 24.8 Å². The zero-order valence-electron chi connectivity index (χ0n) is 8.94. The first kappa shape index (κ1) is 11.9.